The lowest BCUT2D eigenvalue weighted by molar-refractivity contribution is 0.262. The fraction of sp³-hybridized carbons (Fsp3) is 0.0345. The Kier molecular flexibility index (Phi) is 3.81. The molecule has 1 atom stereocenters. The van der Waals surface area contributed by atoms with Gasteiger partial charge in [0.15, 0.2) is 12.0 Å². The molecular formula is C29H19NOS. The minimum Gasteiger partial charge on any atom is -0.464 e. The van der Waals surface area contributed by atoms with Crippen LogP contribution in [0.2, 0.25) is 0 Å². The highest BCUT2D eigenvalue weighted by atomic mass is 32.1. The molecule has 7 rings (SSSR count). The van der Waals surface area contributed by atoms with Gasteiger partial charge in [-0.05, 0) is 40.8 Å². The molecule has 1 aliphatic heterocycles. The lowest BCUT2D eigenvalue weighted by Gasteiger charge is -2.11. The lowest BCUT2D eigenvalue weighted by Crippen LogP contribution is -2.09. The van der Waals surface area contributed by atoms with Crippen LogP contribution in [0.25, 0.3) is 42.1 Å². The van der Waals surface area contributed by atoms with Gasteiger partial charge in [0.25, 0.3) is 0 Å². The van der Waals surface area contributed by atoms with E-state index in [0.29, 0.717) is 0 Å². The molecule has 2 nitrogen and oxygen atoms in total. The number of fused-ring (bicyclic) bond motifs is 6. The molecule has 0 spiro atoms. The van der Waals surface area contributed by atoms with Crippen molar-refractivity contribution in [2.45, 2.75) is 6.23 Å². The maximum atomic E-state index is 6.35. The molecule has 1 unspecified atom stereocenters. The number of anilines is 1. The average Bonchev–Trinajstić information content (AvgIpc) is 3.46. The van der Waals surface area contributed by atoms with Crippen LogP contribution >= 0.6 is 11.3 Å². The Morgan fingerprint density at radius 2 is 1.53 bits per heavy atom. The fourth-order valence-electron chi connectivity index (χ4n) is 4.75. The van der Waals surface area contributed by atoms with Gasteiger partial charge in [-0.3, -0.25) is 0 Å². The SMILES string of the molecule is c1ccc(C2Nc3ccc4cc(-c5cccc6c5sc5ccccc56)ccc4c3O2)cc1. The van der Waals surface area contributed by atoms with Crippen LogP contribution in [-0.4, -0.2) is 0 Å². The van der Waals surface area contributed by atoms with Gasteiger partial charge in [-0.25, -0.2) is 0 Å². The predicted octanol–water partition coefficient (Wildman–Crippen LogP) is 8.38. The molecule has 0 bridgehead atoms. The minimum absolute atomic E-state index is 0.149. The summed E-state index contributed by atoms with van der Waals surface area (Å²) in [5.41, 5.74) is 4.70. The minimum atomic E-state index is -0.149. The summed E-state index contributed by atoms with van der Waals surface area (Å²) in [5, 5.41) is 8.50. The van der Waals surface area contributed by atoms with E-state index in [1.807, 2.05) is 29.5 Å². The molecule has 2 heterocycles. The van der Waals surface area contributed by atoms with Crippen molar-refractivity contribution in [1.82, 2.24) is 0 Å². The number of hydrogen-bond donors (Lipinski definition) is 1. The van der Waals surface area contributed by atoms with E-state index in [1.165, 1.54) is 36.7 Å². The van der Waals surface area contributed by atoms with Gasteiger partial charge in [0.2, 0.25) is 0 Å². The molecule has 0 aliphatic carbocycles. The summed E-state index contributed by atoms with van der Waals surface area (Å²) in [5.74, 6) is 0.933. The third-order valence-electron chi connectivity index (χ3n) is 6.31. The van der Waals surface area contributed by atoms with Gasteiger partial charge in [-0.1, -0.05) is 78.9 Å². The van der Waals surface area contributed by atoms with Gasteiger partial charge in [0.05, 0.1) is 5.69 Å². The molecule has 0 saturated heterocycles. The van der Waals surface area contributed by atoms with Crippen molar-refractivity contribution in [3.05, 3.63) is 109 Å². The van der Waals surface area contributed by atoms with Crippen molar-refractivity contribution in [2.24, 2.45) is 0 Å². The first-order valence-corrected chi connectivity index (χ1v) is 11.6. The molecule has 5 aromatic carbocycles. The molecule has 6 aromatic rings. The van der Waals surface area contributed by atoms with Crippen molar-refractivity contribution in [1.29, 1.82) is 0 Å². The molecule has 1 aliphatic rings. The number of hydrogen-bond acceptors (Lipinski definition) is 3. The molecule has 0 fully saturated rings. The van der Waals surface area contributed by atoms with Crippen LogP contribution in [0.5, 0.6) is 5.75 Å². The van der Waals surface area contributed by atoms with E-state index >= 15 is 0 Å². The Balaban J connectivity index is 1.34. The van der Waals surface area contributed by atoms with E-state index in [1.54, 1.807) is 0 Å². The first-order valence-electron chi connectivity index (χ1n) is 10.8. The van der Waals surface area contributed by atoms with E-state index < -0.39 is 0 Å². The molecular weight excluding hydrogens is 410 g/mol. The second-order valence-corrected chi connectivity index (χ2v) is 9.26. The van der Waals surface area contributed by atoms with Crippen molar-refractivity contribution >= 4 is 48.0 Å². The maximum Gasteiger partial charge on any atom is 0.196 e. The lowest BCUT2D eigenvalue weighted by atomic mass is 9.99. The van der Waals surface area contributed by atoms with Crippen molar-refractivity contribution < 1.29 is 4.74 Å². The summed E-state index contributed by atoms with van der Waals surface area (Å²) in [4.78, 5) is 0. The molecule has 0 radical (unpaired) electrons. The number of nitrogens with one attached hydrogen (secondary N) is 1. The molecule has 3 heteroatoms. The van der Waals surface area contributed by atoms with Gasteiger partial charge in [0, 0.05) is 31.1 Å². The molecule has 1 aromatic heterocycles. The molecule has 0 saturated carbocycles. The summed E-state index contributed by atoms with van der Waals surface area (Å²) >= 11 is 1.87. The quantitative estimate of drug-likeness (QED) is 0.298. The van der Waals surface area contributed by atoms with Gasteiger partial charge >= 0.3 is 0 Å². The zero-order valence-corrected chi connectivity index (χ0v) is 18.0. The largest absolute Gasteiger partial charge is 0.464 e. The van der Waals surface area contributed by atoms with Crippen molar-refractivity contribution in [2.75, 3.05) is 5.32 Å². The summed E-state index contributed by atoms with van der Waals surface area (Å²) in [6.45, 7) is 0. The van der Waals surface area contributed by atoms with E-state index in [0.717, 1.165) is 22.4 Å². The van der Waals surface area contributed by atoms with Crippen molar-refractivity contribution in [3.63, 3.8) is 0 Å². The van der Waals surface area contributed by atoms with Crippen LogP contribution in [0.3, 0.4) is 0 Å². The Hall–Kier alpha value is -3.82. The van der Waals surface area contributed by atoms with Crippen LogP contribution in [-0.2, 0) is 0 Å². The van der Waals surface area contributed by atoms with Crippen LogP contribution < -0.4 is 10.1 Å². The van der Waals surface area contributed by atoms with E-state index in [-0.39, 0.29) is 6.23 Å². The van der Waals surface area contributed by atoms with E-state index in [9.17, 15) is 0 Å². The average molecular weight is 430 g/mol. The van der Waals surface area contributed by atoms with E-state index in [2.05, 4.69) is 90.2 Å². The molecule has 1 N–H and O–H groups in total. The van der Waals surface area contributed by atoms with Crippen LogP contribution in [0, 0.1) is 0 Å². The predicted molar refractivity (Wildman–Crippen MR) is 136 cm³/mol. The first kappa shape index (κ1) is 17.8. The van der Waals surface area contributed by atoms with Crippen molar-refractivity contribution in [3.8, 4) is 16.9 Å². The highest BCUT2D eigenvalue weighted by Gasteiger charge is 2.25. The second kappa shape index (κ2) is 6.84. The van der Waals surface area contributed by atoms with Gasteiger partial charge < -0.3 is 10.1 Å². The number of ether oxygens (including phenoxy) is 1. The monoisotopic (exact) mass is 429 g/mol. The molecule has 0 amide bonds. The Labute approximate surface area is 189 Å². The third kappa shape index (κ3) is 2.65. The highest BCUT2D eigenvalue weighted by Crippen LogP contribution is 2.45. The number of benzene rings is 5. The second-order valence-electron chi connectivity index (χ2n) is 8.21. The van der Waals surface area contributed by atoms with Crippen LogP contribution in [0.15, 0.2) is 103 Å². The number of rotatable bonds is 2. The van der Waals surface area contributed by atoms with Gasteiger partial charge in [-0.15, -0.1) is 11.3 Å². The summed E-state index contributed by atoms with van der Waals surface area (Å²) in [7, 11) is 0. The first-order chi connectivity index (χ1) is 15.8. The number of thiophene rings is 1. The Morgan fingerprint density at radius 3 is 2.47 bits per heavy atom. The normalized spacial score (nSPS) is 15.1. The van der Waals surface area contributed by atoms with Gasteiger partial charge in [0.1, 0.15) is 0 Å². The summed E-state index contributed by atoms with van der Waals surface area (Å²) in [6, 6.07) is 36.6. The fourth-order valence-corrected chi connectivity index (χ4v) is 5.99. The topological polar surface area (TPSA) is 21.3 Å². The molecule has 32 heavy (non-hydrogen) atoms. The van der Waals surface area contributed by atoms with E-state index in [4.69, 9.17) is 4.74 Å². The summed E-state index contributed by atoms with van der Waals surface area (Å²) in [6.07, 6.45) is -0.149. The standard InChI is InChI=1S/C29H19NOS/c1-2-7-18(8-3-1)29-30-25-16-14-19-17-20(13-15-21(19)27(25)31-29)22-10-6-11-24-23-9-4-5-12-26(23)32-28(22)24/h1-17,29-30H. The zero-order valence-electron chi connectivity index (χ0n) is 17.2. The van der Waals surface area contributed by atoms with Gasteiger partial charge in [-0.2, -0.15) is 0 Å². The Bertz CT molecular complexity index is 1630. The maximum absolute atomic E-state index is 6.35. The molecule has 152 valence electrons. The highest BCUT2D eigenvalue weighted by molar-refractivity contribution is 7.26. The van der Waals surface area contributed by atoms with Crippen LogP contribution in [0.4, 0.5) is 5.69 Å². The summed E-state index contributed by atoms with van der Waals surface area (Å²) < 4.78 is 9.03. The van der Waals surface area contributed by atoms with Crippen LogP contribution in [0.1, 0.15) is 11.8 Å². The third-order valence-corrected chi connectivity index (χ3v) is 7.53. The Morgan fingerprint density at radius 1 is 0.688 bits per heavy atom. The zero-order chi connectivity index (χ0) is 21.1. The smallest absolute Gasteiger partial charge is 0.196 e.